The van der Waals surface area contributed by atoms with Crippen molar-refractivity contribution in [3.8, 4) is 5.75 Å². The molecule has 1 atom stereocenters. The normalized spacial score (nSPS) is 15.8. The lowest BCUT2D eigenvalue weighted by atomic mass is 10.0. The molecular formula is C25H29F3N4O4S. The number of hydrogen-bond acceptors (Lipinski definition) is 8. The Morgan fingerprint density at radius 3 is 2.57 bits per heavy atom. The lowest BCUT2D eigenvalue weighted by Crippen LogP contribution is -2.44. The van der Waals surface area contributed by atoms with Crippen LogP contribution in [0.4, 0.5) is 24.7 Å². The van der Waals surface area contributed by atoms with E-state index in [0.29, 0.717) is 10.4 Å². The molecule has 3 aromatic rings. The lowest BCUT2D eigenvalue weighted by molar-refractivity contribution is -0.274. The van der Waals surface area contributed by atoms with E-state index in [0.717, 1.165) is 66.9 Å². The van der Waals surface area contributed by atoms with Gasteiger partial charge in [0.25, 0.3) is 0 Å². The van der Waals surface area contributed by atoms with Gasteiger partial charge in [0, 0.05) is 31.1 Å². The number of rotatable bonds is 9. The minimum Gasteiger partial charge on any atom is -0.477 e. The number of carbonyl (C=O) groups is 1. The van der Waals surface area contributed by atoms with Crippen LogP contribution >= 0.6 is 11.3 Å². The second-order valence-electron chi connectivity index (χ2n) is 9.02. The lowest BCUT2D eigenvalue weighted by Gasteiger charge is -2.34. The number of fused-ring (bicyclic) bond motifs is 1. The van der Waals surface area contributed by atoms with Gasteiger partial charge in [-0.3, -0.25) is 0 Å². The van der Waals surface area contributed by atoms with Gasteiger partial charge in [0.1, 0.15) is 21.3 Å². The first-order chi connectivity index (χ1) is 17.6. The summed E-state index contributed by atoms with van der Waals surface area (Å²) >= 11 is 1.10. The molecule has 1 saturated heterocycles. The molecule has 200 valence electrons. The molecule has 0 saturated carbocycles. The Hall–Kier alpha value is -3.09. The number of aliphatic hydroxyl groups is 1. The quantitative estimate of drug-likeness (QED) is 0.309. The average molecular weight is 539 g/mol. The van der Waals surface area contributed by atoms with Gasteiger partial charge in [0.15, 0.2) is 0 Å². The van der Waals surface area contributed by atoms with Crippen molar-refractivity contribution in [2.75, 3.05) is 30.3 Å². The Labute approximate surface area is 215 Å². The minimum atomic E-state index is -4.76. The highest BCUT2D eigenvalue weighted by Crippen LogP contribution is 2.37. The molecule has 1 aromatic carbocycles. The smallest absolute Gasteiger partial charge is 0.477 e. The van der Waals surface area contributed by atoms with Crippen LogP contribution in [0, 0.1) is 0 Å². The number of pyridine rings is 1. The van der Waals surface area contributed by atoms with Gasteiger partial charge < -0.3 is 30.9 Å². The zero-order valence-corrected chi connectivity index (χ0v) is 21.0. The summed E-state index contributed by atoms with van der Waals surface area (Å²) in [6.07, 6.45) is -2.35. The Balaban J connectivity index is 1.36. The van der Waals surface area contributed by atoms with Crippen LogP contribution in [0.1, 0.15) is 53.1 Å². The highest BCUT2D eigenvalue weighted by Gasteiger charge is 2.31. The largest absolute Gasteiger partial charge is 0.573 e. The molecule has 12 heteroatoms. The number of nitrogens with one attached hydrogen (secondary N) is 1. The van der Waals surface area contributed by atoms with E-state index in [9.17, 15) is 28.2 Å². The minimum absolute atomic E-state index is 0.112. The van der Waals surface area contributed by atoms with E-state index in [1.54, 1.807) is 0 Å². The van der Waals surface area contributed by atoms with E-state index < -0.39 is 18.4 Å². The second kappa shape index (κ2) is 11.1. The van der Waals surface area contributed by atoms with Crippen LogP contribution in [0.25, 0.3) is 10.2 Å². The molecule has 8 nitrogen and oxygen atoms in total. The summed E-state index contributed by atoms with van der Waals surface area (Å²) in [7, 11) is 0. The third-order valence-electron chi connectivity index (χ3n) is 6.40. The Morgan fingerprint density at radius 2 is 1.97 bits per heavy atom. The van der Waals surface area contributed by atoms with E-state index in [-0.39, 0.29) is 28.9 Å². The second-order valence-corrected chi connectivity index (χ2v) is 10.0. The first-order valence-electron chi connectivity index (χ1n) is 12.0. The number of alkyl halides is 3. The predicted octanol–water partition coefficient (Wildman–Crippen LogP) is 4.72. The fraction of sp³-hybridized carbons (Fsp3) is 0.440. The van der Waals surface area contributed by atoms with Gasteiger partial charge >= 0.3 is 12.3 Å². The molecule has 0 radical (unpaired) electrons. The Kier molecular flexibility index (Phi) is 8.10. The third-order valence-corrected chi connectivity index (χ3v) is 7.49. The number of nitrogens with zero attached hydrogens (tertiary/aromatic N) is 2. The van der Waals surface area contributed by atoms with Crippen LogP contribution in [0.15, 0.2) is 30.3 Å². The van der Waals surface area contributed by atoms with Gasteiger partial charge in [-0.05, 0) is 48.6 Å². The summed E-state index contributed by atoms with van der Waals surface area (Å²) < 4.78 is 40.8. The number of aromatic carboxylic acids is 1. The fourth-order valence-electron chi connectivity index (χ4n) is 4.57. The van der Waals surface area contributed by atoms with Crippen LogP contribution < -0.4 is 20.7 Å². The number of thiophene rings is 1. The Bertz CT molecular complexity index is 1240. The molecule has 0 amide bonds. The third kappa shape index (κ3) is 6.43. The van der Waals surface area contributed by atoms with Gasteiger partial charge in [0.05, 0.1) is 11.8 Å². The van der Waals surface area contributed by atoms with Gasteiger partial charge in [-0.25, -0.2) is 9.78 Å². The number of benzene rings is 1. The van der Waals surface area contributed by atoms with Gasteiger partial charge in [-0.2, -0.15) is 0 Å². The maximum absolute atomic E-state index is 12.3. The summed E-state index contributed by atoms with van der Waals surface area (Å²) in [4.78, 5) is 19.2. The van der Waals surface area contributed by atoms with E-state index in [4.69, 9.17) is 10.7 Å². The number of aryl methyl sites for hydroxylation is 1. The molecule has 1 unspecified atom stereocenters. The van der Waals surface area contributed by atoms with Gasteiger partial charge in [0.2, 0.25) is 0 Å². The molecular weight excluding hydrogens is 509 g/mol. The topological polar surface area (TPSA) is 121 Å². The summed E-state index contributed by atoms with van der Waals surface area (Å²) in [6.45, 7) is 3.78. The van der Waals surface area contributed by atoms with Crippen molar-refractivity contribution in [2.24, 2.45) is 0 Å². The number of carboxylic acids is 1. The number of piperidine rings is 1. The van der Waals surface area contributed by atoms with E-state index in [1.165, 1.54) is 24.3 Å². The summed E-state index contributed by atoms with van der Waals surface area (Å²) in [5.74, 6) is -0.583. The van der Waals surface area contributed by atoms with Crippen LogP contribution in [-0.2, 0) is 6.42 Å². The number of aliphatic hydroxyl groups excluding tert-OH is 1. The monoisotopic (exact) mass is 538 g/mol. The number of carboxylic acid groups (broad SMARTS) is 1. The fourth-order valence-corrected chi connectivity index (χ4v) is 5.55. The average Bonchev–Trinajstić information content (AvgIpc) is 3.19. The zero-order chi connectivity index (χ0) is 26.7. The Morgan fingerprint density at radius 1 is 1.30 bits per heavy atom. The molecule has 0 bridgehead atoms. The van der Waals surface area contributed by atoms with Crippen LogP contribution in [0.5, 0.6) is 5.75 Å². The molecule has 0 aliphatic carbocycles. The molecule has 5 N–H and O–H groups in total. The number of anilines is 2. The molecule has 1 fully saturated rings. The maximum Gasteiger partial charge on any atom is 0.573 e. The summed E-state index contributed by atoms with van der Waals surface area (Å²) in [5, 5.41) is 24.0. The highest BCUT2D eigenvalue weighted by atomic mass is 32.1. The van der Waals surface area contributed by atoms with Crippen molar-refractivity contribution < 1.29 is 32.9 Å². The van der Waals surface area contributed by atoms with Crippen molar-refractivity contribution in [1.29, 1.82) is 0 Å². The molecule has 1 aliphatic heterocycles. The molecule has 0 spiro atoms. The number of ether oxygens (including phenoxy) is 1. The molecule has 2 aromatic heterocycles. The van der Waals surface area contributed by atoms with E-state index in [2.05, 4.69) is 21.9 Å². The van der Waals surface area contributed by atoms with Crippen molar-refractivity contribution >= 4 is 39.0 Å². The van der Waals surface area contributed by atoms with Gasteiger partial charge in [-0.15, -0.1) is 24.5 Å². The highest BCUT2D eigenvalue weighted by molar-refractivity contribution is 7.21. The first-order valence-corrected chi connectivity index (χ1v) is 12.8. The SMILES string of the molecule is CCCc1cc(N2CCC(NCC(O)c3ccc(OC(F)(F)F)cc3)CC2)nc2sc(C(=O)O)c(N)c12. The number of nitrogens with two attached hydrogens (primary N) is 1. The molecule has 37 heavy (non-hydrogen) atoms. The number of hydrogen-bond donors (Lipinski definition) is 4. The summed E-state index contributed by atoms with van der Waals surface area (Å²) in [6, 6.07) is 7.36. The van der Waals surface area contributed by atoms with Crippen LogP contribution in [0.3, 0.4) is 0 Å². The molecule has 1 aliphatic rings. The predicted molar refractivity (Wildman–Crippen MR) is 136 cm³/mol. The number of aromatic nitrogens is 1. The molecule has 4 rings (SSSR count). The maximum atomic E-state index is 12.3. The molecule has 3 heterocycles. The number of halogens is 3. The van der Waals surface area contributed by atoms with Crippen LogP contribution in [0.2, 0.25) is 0 Å². The van der Waals surface area contributed by atoms with E-state index >= 15 is 0 Å². The standard InChI is InChI=1S/C25H29F3N4O4S/c1-2-3-15-12-19(31-23-20(15)21(29)22(37-23)24(34)35)32-10-8-16(9-11-32)30-13-18(33)14-4-6-17(7-5-14)36-25(26,27)28/h4-7,12,16,18,30,33H,2-3,8-11,13,29H2,1H3,(H,34,35). The van der Waals surface area contributed by atoms with E-state index in [1.807, 2.05) is 6.07 Å². The van der Waals surface area contributed by atoms with Crippen molar-refractivity contribution in [1.82, 2.24) is 10.3 Å². The summed E-state index contributed by atoms with van der Waals surface area (Å²) in [5.41, 5.74) is 7.92. The number of nitrogen functional groups attached to an aromatic ring is 1. The first kappa shape index (κ1) is 27.0. The van der Waals surface area contributed by atoms with Crippen molar-refractivity contribution in [2.45, 2.75) is 51.1 Å². The van der Waals surface area contributed by atoms with Crippen molar-refractivity contribution in [3.63, 3.8) is 0 Å². The van der Waals surface area contributed by atoms with Crippen LogP contribution in [-0.4, -0.2) is 53.2 Å². The van der Waals surface area contributed by atoms with Crippen molar-refractivity contribution in [3.05, 3.63) is 46.3 Å². The van der Waals surface area contributed by atoms with Gasteiger partial charge in [-0.1, -0.05) is 25.5 Å². The zero-order valence-electron chi connectivity index (χ0n) is 20.2.